The number of furan rings is 1. The van der Waals surface area contributed by atoms with Crippen LogP contribution in [0.15, 0.2) is 65.1 Å². The zero-order chi connectivity index (χ0) is 25.4. The molecule has 0 bridgehead atoms. The van der Waals surface area contributed by atoms with Crippen molar-refractivity contribution < 1.29 is 27.1 Å². The van der Waals surface area contributed by atoms with Crippen molar-refractivity contribution in [3.8, 4) is 5.75 Å². The van der Waals surface area contributed by atoms with Gasteiger partial charge in [-0.25, -0.2) is 0 Å². The Kier molecular flexibility index (Phi) is 6.15. The summed E-state index contributed by atoms with van der Waals surface area (Å²) in [5.41, 5.74) is 2.85. The van der Waals surface area contributed by atoms with Gasteiger partial charge in [0.05, 0.1) is 18.2 Å². The number of halogens is 3. The van der Waals surface area contributed by atoms with Gasteiger partial charge in [0.2, 0.25) is 0 Å². The molecule has 1 amide bonds. The second-order valence-corrected chi connectivity index (χ2v) is 8.90. The summed E-state index contributed by atoms with van der Waals surface area (Å²) in [7, 11) is 1.61. The fourth-order valence-corrected chi connectivity index (χ4v) is 4.63. The van der Waals surface area contributed by atoms with Gasteiger partial charge in [-0.15, -0.1) is 0 Å². The summed E-state index contributed by atoms with van der Waals surface area (Å²) in [6, 6.07) is 16.7. The minimum Gasteiger partial charge on any atom is -0.497 e. The van der Waals surface area contributed by atoms with Crippen LogP contribution < -0.4 is 9.64 Å². The first-order valence-corrected chi connectivity index (χ1v) is 11.7. The highest BCUT2D eigenvalue weighted by Crippen LogP contribution is 2.32. The maximum atomic E-state index is 13.6. The fraction of sp³-hybridized carbons (Fsp3) is 0.296. The molecule has 1 aliphatic rings. The molecule has 9 heteroatoms. The van der Waals surface area contributed by atoms with Gasteiger partial charge in [-0.1, -0.05) is 18.2 Å². The largest absolute Gasteiger partial charge is 0.497 e. The highest BCUT2D eigenvalue weighted by molar-refractivity contribution is 5.98. The van der Waals surface area contributed by atoms with Crippen LogP contribution in [0.25, 0.3) is 11.1 Å². The summed E-state index contributed by atoms with van der Waals surface area (Å²) in [5, 5.41) is 0. The molecule has 0 aliphatic carbocycles. The Morgan fingerprint density at radius 1 is 1.00 bits per heavy atom. The molecule has 0 unspecified atom stereocenters. The Morgan fingerprint density at radius 3 is 2.39 bits per heavy atom. The van der Waals surface area contributed by atoms with Crippen LogP contribution in [0.3, 0.4) is 0 Å². The number of piperazine rings is 1. The van der Waals surface area contributed by atoms with E-state index in [1.54, 1.807) is 24.1 Å². The van der Waals surface area contributed by atoms with E-state index < -0.39 is 11.7 Å². The lowest BCUT2D eigenvalue weighted by Crippen LogP contribution is -2.49. The highest BCUT2D eigenvalue weighted by atomic mass is 19.4. The quantitative estimate of drug-likeness (QED) is 0.361. The van der Waals surface area contributed by atoms with Crippen LogP contribution in [0, 0.1) is 6.92 Å². The second-order valence-electron chi connectivity index (χ2n) is 8.90. The van der Waals surface area contributed by atoms with Crippen molar-refractivity contribution in [3.05, 3.63) is 83.2 Å². The molecule has 0 N–H and O–H groups in total. The number of carbonyl (C=O) groups is 1. The molecule has 6 nitrogen and oxygen atoms in total. The third-order valence-corrected chi connectivity index (χ3v) is 6.54. The summed E-state index contributed by atoms with van der Waals surface area (Å²) >= 11 is 0. The molecule has 1 aliphatic heterocycles. The van der Waals surface area contributed by atoms with Crippen LogP contribution in [0.2, 0.25) is 0 Å². The predicted molar refractivity (Wildman–Crippen MR) is 131 cm³/mol. The monoisotopic (exact) mass is 497 g/mol. The minimum absolute atomic E-state index is 0.128. The molecule has 0 saturated carbocycles. The van der Waals surface area contributed by atoms with E-state index >= 15 is 0 Å². The topological polar surface area (TPSA) is 50.9 Å². The van der Waals surface area contributed by atoms with E-state index in [4.69, 9.17) is 9.15 Å². The van der Waals surface area contributed by atoms with E-state index in [0.717, 1.165) is 34.7 Å². The molecule has 0 atom stereocenters. The molecule has 36 heavy (non-hydrogen) atoms. The number of amides is 1. The summed E-state index contributed by atoms with van der Waals surface area (Å²) in [6.45, 7) is 4.05. The van der Waals surface area contributed by atoms with Crippen molar-refractivity contribution in [3.63, 3.8) is 0 Å². The molecule has 2 aromatic heterocycles. The molecular weight excluding hydrogens is 471 g/mol. The number of hydrogen-bond acceptors (Lipinski definition) is 4. The standard InChI is InChI=1S/C27H26F3N3O3/c1-18-14-23-25(36-18)16-24(33(23)17-19-6-8-22(35-2)9-7-19)26(34)32-12-10-31(11-13-32)21-5-3-4-20(15-21)27(28,29)30/h3-9,14-16H,10-13,17H2,1-2H3. The van der Waals surface area contributed by atoms with Gasteiger partial charge >= 0.3 is 6.18 Å². The number of nitrogens with zero attached hydrogens (tertiary/aromatic N) is 3. The number of methoxy groups -OCH3 is 1. The molecule has 0 spiro atoms. The van der Waals surface area contributed by atoms with Crippen LogP contribution >= 0.6 is 0 Å². The van der Waals surface area contributed by atoms with Crippen LogP contribution in [0.5, 0.6) is 5.75 Å². The molecule has 4 aromatic rings. The molecular formula is C27H26F3N3O3. The number of aryl methyl sites for hydroxylation is 1. The normalized spacial score (nSPS) is 14.5. The van der Waals surface area contributed by atoms with E-state index in [2.05, 4.69) is 0 Å². The highest BCUT2D eigenvalue weighted by Gasteiger charge is 2.32. The first-order valence-electron chi connectivity index (χ1n) is 11.7. The molecule has 1 saturated heterocycles. The van der Waals surface area contributed by atoms with E-state index in [-0.39, 0.29) is 5.91 Å². The van der Waals surface area contributed by atoms with Crippen molar-refractivity contribution in [1.82, 2.24) is 9.47 Å². The minimum atomic E-state index is -4.39. The zero-order valence-corrected chi connectivity index (χ0v) is 20.0. The van der Waals surface area contributed by atoms with Gasteiger partial charge in [0, 0.05) is 50.5 Å². The maximum Gasteiger partial charge on any atom is 0.416 e. The molecule has 5 rings (SSSR count). The Bertz CT molecular complexity index is 1380. The third-order valence-electron chi connectivity index (χ3n) is 6.54. The number of aromatic nitrogens is 1. The van der Waals surface area contributed by atoms with E-state index in [0.29, 0.717) is 49.7 Å². The first-order chi connectivity index (χ1) is 17.2. The lowest BCUT2D eigenvalue weighted by molar-refractivity contribution is -0.137. The van der Waals surface area contributed by atoms with Crippen LogP contribution in [-0.2, 0) is 12.7 Å². The second kappa shape index (κ2) is 9.29. The predicted octanol–water partition coefficient (Wildman–Crippen LogP) is 5.58. The van der Waals surface area contributed by atoms with Gasteiger partial charge < -0.3 is 23.5 Å². The SMILES string of the molecule is COc1ccc(Cn2c(C(=O)N3CCN(c4cccc(C(F)(F)F)c4)CC3)cc3oc(C)cc32)cc1. The number of fused-ring (bicyclic) bond motifs is 1. The Labute approximate surface area is 206 Å². The molecule has 188 valence electrons. The fourth-order valence-electron chi connectivity index (χ4n) is 4.63. The Morgan fingerprint density at radius 2 is 1.72 bits per heavy atom. The Balaban J connectivity index is 1.35. The van der Waals surface area contributed by atoms with Crippen molar-refractivity contribution in [2.24, 2.45) is 0 Å². The smallest absolute Gasteiger partial charge is 0.416 e. The number of anilines is 1. The average Bonchev–Trinajstić information content (AvgIpc) is 3.40. The number of carbonyl (C=O) groups excluding carboxylic acids is 1. The van der Waals surface area contributed by atoms with Gasteiger partial charge in [0.1, 0.15) is 17.2 Å². The lowest BCUT2D eigenvalue weighted by atomic mass is 10.1. The van der Waals surface area contributed by atoms with Gasteiger partial charge in [0.15, 0.2) is 5.58 Å². The molecule has 3 heterocycles. The van der Waals surface area contributed by atoms with Crippen LogP contribution in [-0.4, -0.2) is 48.7 Å². The van der Waals surface area contributed by atoms with Gasteiger partial charge in [0.25, 0.3) is 5.91 Å². The summed E-state index contributed by atoms with van der Waals surface area (Å²) in [5.74, 6) is 1.39. The van der Waals surface area contributed by atoms with Crippen LogP contribution in [0.1, 0.15) is 27.4 Å². The number of benzene rings is 2. The Hall–Kier alpha value is -3.88. The van der Waals surface area contributed by atoms with Crippen molar-refractivity contribution in [1.29, 1.82) is 0 Å². The average molecular weight is 498 g/mol. The summed E-state index contributed by atoms with van der Waals surface area (Å²) in [4.78, 5) is 17.2. The number of alkyl halides is 3. The van der Waals surface area contributed by atoms with E-state index in [1.165, 1.54) is 6.07 Å². The van der Waals surface area contributed by atoms with Crippen molar-refractivity contribution >= 4 is 22.7 Å². The number of ether oxygens (including phenoxy) is 1. The van der Waals surface area contributed by atoms with Crippen LogP contribution in [0.4, 0.5) is 18.9 Å². The molecule has 0 radical (unpaired) electrons. The van der Waals surface area contributed by atoms with Crippen molar-refractivity contribution in [2.75, 3.05) is 38.2 Å². The van der Waals surface area contributed by atoms with Crippen molar-refractivity contribution in [2.45, 2.75) is 19.6 Å². The zero-order valence-electron chi connectivity index (χ0n) is 20.0. The third kappa shape index (κ3) is 4.65. The number of hydrogen-bond donors (Lipinski definition) is 0. The molecule has 2 aromatic carbocycles. The van der Waals surface area contributed by atoms with E-state index in [9.17, 15) is 18.0 Å². The van der Waals surface area contributed by atoms with Gasteiger partial charge in [-0.05, 0) is 42.8 Å². The molecule has 1 fully saturated rings. The number of rotatable bonds is 5. The van der Waals surface area contributed by atoms with Gasteiger partial charge in [-0.2, -0.15) is 13.2 Å². The van der Waals surface area contributed by atoms with E-state index in [1.807, 2.05) is 46.7 Å². The summed E-state index contributed by atoms with van der Waals surface area (Å²) in [6.07, 6.45) is -4.39. The lowest BCUT2D eigenvalue weighted by Gasteiger charge is -2.36. The summed E-state index contributed by atoms with van der Waals surface area (Å²) < 4.78 is 52.4. The first kappa shape index (κ1) is 23.8. The maximum absolute atomic E-state index is 13.6. The van der Waals surface area contributed by atoms with Gasteiger partial charge in [-0.3, -0.25) is 4.79 Å².